The number of aromatic nitrogens is 1. The lowest BCUT2D eigenvalue weighted by molar-refractivity contribution is 0.167. The summed E-state index contributed by atoms with van der Waals surface area (Å²) in [5.74, 6) is 0.571. The Labute approximate surface area is 127 Å². The lowest BCUT2D eigenvalue weighted by atomic mass is 9.79. The molecule has 0 aliphatic carbocycles. The van der Waals surface area contributed by atoms with Crippen LogP contribution in [0, 0.1) is 5.92 Å². The van der Waals surface area contributed by atoms with Crippen LogP contribution in [0.15, 0.2) is 5.38 Å². The highest BCUT2D eigenvalue weighted by atomic mass is 32.1. The number of thiazole rings is 1. The third-order valence-corrected chi connectivity index (χ3v) is 5.35. The first-order valence-electron chi connectivity index (χ1n) is 7.82. The van der Waals surface area contributed by atoms with Gasteiger partial charge in [-0.25, -0.2) is 4.98 Å². The van der Waals surface area contributed by atoms with E-state index in [4.69, 9.17) is 4.98 Å². The second-order valence-electron chi connectivity index (χ2n) is 7.04. The highest BCUT2D eigenvalue weighted by Crippen LogP contribution is 2.38. The summed E-state index contributed by atoms with van der Waals surface area (Å²) >= 11 is 1.83. The molecule has 2 atom stereocenters. The smallest absolute Gasteiger partial charge is 0.113 e. The molecule has 0 radical (unpaired) electrons. The van der Waals surface area contributed by atoms with E-state index in [1.165, 1.54) is 17.1 Å². The molecule has 114 valence electrons. The zero-order valence-corrected chi connectivity index (χ0v) is 14.4. The molecule has 4 heteroatoms. The molecule has 2 heterocycles. The van der Waals surface area contributed by atoms with Gasteiger partial charge in [-0.05, 0) is 38.4 Å². The van der Waals surface area contributed by atoms with E-state index in [1.54, 1.807) is 0 Å². The SMILES string of the molecule is CCCNC1(c2nc(C(C)(C)C)cs2)CCNCC1C. The standard InChI is InChI=1S/C16H29N3S/c1-6-8-18-16(7-9-17-10-12(16)2)14-19-13(11-20-14)15(3,4)5/h11-12,17-18H,6-10H2,1-5H3. The fourth-order valence-electron chi connectivity index (χ4n) is 2.85. The van der Waals surface area contributed by atoms with Crippen LogP contribution in [0.5, 0.6) is 0 Å². The normalized spacial score (nSPS) is 27.8. The minimum absolute atomic E-state index is 0.0649. The maximum absolute atomic E-state index is 5.01. The van der Waals surface area contributed by atoms with Gasteiger partial charge in [0.15, 0.2) is 0 Å². The second kappa shape index (κ2) is 6.12. The van der Waals surface area contributed by atoms with Crippen LogP contribution in [0.4, 0.5) is 0 Å². The van der Waals surface area contributed by atoms with Crippen molar-refractivity contribution in [2.75, 3.05) is 19.6 Å². The van der Waals surface area contributed by atoms with Crippen LogP contribution in [0.1, 0.15) is 58.2 Å². The Hall–Kier alpha value is -0.450. The van der Waals surface area contributed by atoms with Gasteiger partial charge in [0.05, 0.1) is 11.2 Å². The molecule has 2 unspecified atom stereocenters. The van der Waals surface area contributed by atoms with Gasteiger partial charge in [-0.1, -0.05) is 34.6 Å². The van der Waals surface area contributed by atoms with E-state index < -0.39 is 0 Å². The first-order chi connectivity index (χ1) is 9.40. The Balaban J connectivity index is 2.33. The van der Waals surface area contributed by atoms with E-state index in [1.807, 2.05) is 11.3 Å². The van der Waals surface area contributed by atoms with Crippen molar-refractivity contribution in [1.82, 2.24) is 15.6 Å². The summed E-state index contributed by atoms with van der Waals surface area (Å²) < 4.78 is 0. The average molecular weight is 295 g/mol. The molecule has 3 nitrogen and oxygen atoms in total. The summed E-state index contributed by atoms with van der Waals surface area (Å²) in [5, 5.41) is 10.9. The molecule has 0 aromatic carbocycles. The summed E-state index contributed by atoms with van der Waals surface area (Å²) in [6, 6.07) is 0. The van der Waals surface area contributed by atoms with Crippen LogP contribution in [0.25, 0.3) is 0 Å². The Morgan fingerprint density at radius 3 is 2.80 bits per heavy atom. The van der Waals surface area contributed by atoms with Crippen LogP contribution in [0.2, 0.25) is 0 Å². The maximum atomic E-state index is 5.01. The van der Waals surface area contributed by atoms with Gasteiger partial charge in [0.25, 0.3) is 0 Å². The van der Waals surface area contributed by atoms with Gasteiger partial charge in [-0.3, -0.25) is 0 Å². The van der Waals surface area contributed by atoms with E-state index in [0.717, 1.165) is 26.1 Å². The summed E-state index contributed by atoms with van der Waals surface area (Å²) in [7, 11) is 0. The second-order valence-corrected chi connectivity index (χ2v) is 7.90. The Morgan fingerprint density at radius 2 is 2.25 bits per heavy atom. The fourth-order valence-corrected chi connectivity index (χ4v) is 4.22. The third-order valence-electron chi connectivity index (χ3n) is 4.33. The minimum Gasteiger partial charge on any atom is -0.316 e. The van der Waals surface area contributed by atoms with Gasteiger partial charge >= 0.3 is 0 Å². The molecular weight excluding hydrogens is 266 g/mol. The first kappa shape index (κ1) is 15.9. The zero-order chi connectivity index (χ0) is 14.8. The Kier molecular flexibility index (Phi) is 4.88. The number of nitrogens with one attached hydrogen (secondary N) is 2. The lowest BCUT2D eigenvalue weighted by Gasteiger charge is -2.42. The van der Waals surface area contributed by atoms with Crippen molar-refractivity contribution in [3.05, 3.63) is 16.1 Å². The van der Waals surface area contributed by atoms with Crippen molar-refractivity contribution in [3.8, 4) is 0 Å². The van der Waals surface area contributed by atoms with E-state index in [2.05, 4.69) is 50.6 Å². The highest BCUT2D eigenvalue weighted by Gasteiger charge is 2.42. The molecule has 20 heavy (non-hydrogen) atoms. The van der Waals surface area contributed by atoms with Crippen molar-refractivity contribution >= 4 is 11.3 Å². The van der Waals surface area contributed by atoms with Gasteiger partial charge in [0, 0.05) is 10.8 Å². The number of rotatable bonds is 4. The van der Waals surface area contributed by atoms with Crippen LogP contribution < -0.4 is 10.6 Å². The predicted molar refractivity (Wildman–Crippen MR) is 87.4 cm³/mol. The zero-order valence-electron chi connectivity index (χ0n) is 13.5. The molecule has 1 saturated heterocycles. The van der Waals surface area contributed by atoms with Crippen molar-refractivity contribution in [2.45, 2.75) is 58.4 Å². The maximum Gasteiger partial charge on any atom is 0.113 e. The summed E-state index contributed by atoms with van der Waals surface area (Å²) in [6.07, 6.45) is 2.30. The Morgan fingerprint density at radius 1 is 1.50 bits per heavy atom. The topological polar surface area (TPSA) is 37.0 Å². The molecule has 2 rings (SSSR count). The molecule has 1 aromatic heterocycles. The molecular formula is C16H29N3S. The number of nitrogens with zero attached hydrogens (tertiary/aromatic N) is 1. The average Bonchev–Trinajstić information content (AvgIpc) is 2.88. The first-order valence-corrected chi connectivity index (χ1v) is 8.70. The summed E-state index contributed by atoms with van der Waals surface area (Å²) in [5.41, 5.74) is 1.42. The van der Waals surface area contributed by atoms with Gasteiger partial charge in [-0.15, -0.1) is 11.3 Å². The molecule has 1 fully saturated rings. The minimum atomic E-state index is 0.0649. The number of hydrogen-bond acceptors (Lipinski definition) is 4. The van der Waals surface area contributed by atoms with E-state index in [9.17, 15) is 0 Å². The Bertz CT molecular complexity index is 435. The summed E-state index contributed by atoms with van der Waals surface area (Å²) in [4.78, 5) is 5.01. The molecule has 0 saturated carbocycles. The van der Waals surface area contributed by atoms with Crippen molar-refractivity contribution in [2.24, 2.45) is 5.92 Å². The van der Waals surface area contributed by atoms with E-state index >= 15 is 0 Å². The van der Waals surface area contributed by atoms with Crippen molar-refractivity contribution < 1.29 is 0 Å². The molecule has 0 spiro atoms. The van der Waals surface area contributed by atoms with Crippen LogP contribution in [-0.4, -0.2) is 24.6 Å². The van der Waals surface area contributed by atoms with Crippen molar-refractivity contribution in [3.63, 3.8) is 0 Å². The highest BCUT2D eigenvalue weighted by molar-refractivity contribution is 7.09. The molecule has 1 aliphatic rings. The lowest BCUT2D eigenvalue weighted by Crippen LogP contribution is -2.55. The van der Waals surface area contributed by atoms with Gasteiger partial charge in [-0.2, -0.15) is 0 Å². The molecule has 1 aromatic rings. The van der Waals surface area contributed by atoms with Crippen LogP contribution >= 0.6 is 11.3 Å². The van der Waals surface area contributed by atoms with Crippen LogP contribution in [0.3, 0.4) is 0 Å². The number of hydrogen-bond donors (Lipinski definition) is 2. The van der Waals surface area contributed by atoms with E-state index in [-0.39, 0.29) is 11.0 Å². The largest absolute Gasteiger partial charge is 0.316 e. The number of piperidine rings is 1. The van der Waals surface area contributed by atoms with Crippen molar-refractivity contribution in [1.29, 1.82) is 0 Å². The quantitative estimate of drug-likeness (QED) is 0.895. The van der Waals surface area contributed by atoms with Crippen LogP contribution in [-0.2, 0) is 11.0 Å². The molecule has 1 aliphatic heterocycles. The van der Waals surface area contributed by atoms with E-state index in [0.29, 0.717) is 5.92 Å². The molecule has 0 amide bonds. The molecule has 0 bridgehead atoms. The van der Waals surface area contributed by atoms with Gasteiger partial charge in [0.1, 0.15) is 5.01 Å². The summed E-state index contributed by atoms with van der Waals surface area (Å²) in [6.45, 7) is 14.5. The fraction of sp³-hybridized carbons (Fsp3) is 0.812. The predicted octanol–water partition coefficient (Wildman–Crippen LogP) is 3.26. The third kappa shape index (κ3) is 3.07. The van der Waals surface area contributed by atoms with Gasteiger partial charge in [0.2, 0.25) is 0 Å². The monoisotopic (exact) mass is 295 g/mol. The van der Waals surface area contributed by atoms with Gasteiger partial charge < -0.3 is 10.6 Å². The molecule has 2 N–H and O–H groups in total.